The Bertz CT molecular complexity index is 418. The summed E-state index contributed by atoms with van der Waals surface area (Å²) in [4.78, 5) is 10.9. The van der Waals surface area contributed by atoms with E-state index in [1.165, 1.54) is 6.92 Å². The van der Waals surface area contributed by atoms with Crippen LogP contribution in [-0.2, 0) is 11.2 Å². The summed E-state index contributed by atoms with van der Waals surface area (Å²) >= 11 is 0. The molecular formula is C13H16N2O. The zero-order chi connectivity index (χ0) is 12.0. The molecule has 16 heavy (non-hydrogen) atoms. The van der Waals surface area contributed by atoms with Gasteiger partial charge in [-0.3, -0.25) is 4.79 Å². The topological polar surface area (TPSA) is 52.9 Å². The van der Waals surface area contributed by atoms with E-state index in [1.54, 1.807) is 6.07 Å². The molecule has 0 fully saturated rings. The Morgan fingerprint density at radius 3 is 2.81 bits per heavy atom. The van der Waals surface area contributed by atoms with Crippen LogP contribution in [0.1, 0.15) is 37.8 Å². The Hall–Kier alpha value is -1.82. The number of carbonyl (C=O) groups is 1. The van der Waals surface area contributed by atoms with Gasteiger partial charge in [-0.15, -0.1) is 0 Å². The van der Waals surface area contributed by atoms with Gasteiger partial charge in [-0.25, -0.2) is 0 Å². The Balaban J connectivity index is 2.89. The molecule has 0 saturated heterocycles. The van der Waals surface area contributed by atoms with Crippen molar-refractivity contribution >= 4 is 11.6 Å². The largest absolute Gasteiger partial charge is 0.325 e. The van der Waals surface area contributed by atoms with E-state index in [-0.39, 0.29) is 5.91 Å². The minimum absolute atomic E-state index is 0.155. The number of carbonyl (C=O) groups excluding carboxylic acids is 1. The van der Waals surface area contributed by atoms with Crippen molar-refractivity contribution in [2.75, 3.05) is 5.32 Å². The first-order chi connectivity index (χ1) is 7.67. The number of anilines is 1. The first kappa shape index (κ1) is 12.3. The minimum atomic E-state index is -0.155. The first-order valence-corrected chi connectivity index (χ1v) is 5.48. The maximum atomic E-state index is 10.9. The third kappa shape index (κ3) is 3.39. The van der Waals surface area contributed by atoms with Crippen molar-refractivity contribution in [1.29, 1.82) is 5.26 Å². The number of benzene rings is 1. The van der Waals surface area contributed by atoms with E-state index in [2.05, 4.69) is 18.3 Å². The summed E-state index contributed by atoms with van der Waals surface area (Å²) in [5.41, 5.74) is 2.27. The lowest BCUT2D eigenvalue weighted by Gasteiger charge is -2.06. The summed E-state index contributed by atoms with van der Waals surface area (Å²) in [6.45, 7) is 3.57. The molecule has 3 nitrogen and oxygen atoms in total. The molecule has 1 aromatic rings. The Labute approximate surface area is 96.1 Å². The fraction of sp³-hybridized carbons (Fsp3) is 0.385. The number of nitrogens with one attached hydrogen (secondary N) is 1. The zero-order valence-corrected chi connectivity index (χ0v) is 9.71. The third-order valence-electron chi connectivity index (χ3n) is 2.33. The van der Waals surface area contributed by atoms with E-state index in [1.807, 2.05) is 12.1 Å². The van der Waals surface area contributed by atoms with Gasteiger partial charge in [0.15, 0.2) is 0 Å². The quantitative estimate of drug-likeness (QED) is 0.841. The van der Waals surface area contributed by atoms with Crippen LogP contribution in [0.4, 0.5) is 5.69 Å². The number of hydrogen-bond acceptors (Lipinski definition) is 2. The van der Waals surface area contributed by atoms with Crippen LogP contribution in [0.3, 0.4) is 0 Å². The fourth-order valence-electron chi connectivity index (χ4n) is 1.52. The highest BCUT2D eigenvalue weighted by atomic mass is 16.1. The van der Waals surface area contributed by atoms with Gasteiger partial charge in [-0.05, 0) is 30.5 Å². The molecule has 1 rings (SSSR count). The molecule has 0 heterocycles. The summed E-state index contributed by atoms with van der Waals surface area (Å²) in [6.07, 6.45) is 3.23. The van der Waals surface area contributed by atoms with Crippen molar-refractivity contribution in [1.82, 2.24) is 0 Å². The number of aryl methyl sites for hydroxylation is 1. The Kier molecular flexibility index (Phi) is 4.53. The molecule has 0 spiro atoms. The normalized spacial score (nSPS) is 9.56. The van der Waals surface area contributed by atoms with E-state index in [0.29, 0.717) is 11.3 Å². The highest BCUT2D eigenvalue weighted by molar-refractivity contribution is 5.90. The molecule has 1 amide bonds. The lowest BCUT2D eigenvalue weighted by atomic mass is 10.0. The van der Waals surface area contributed by atoms with E-state index >= 15 is 0 Å². The van der Waals surface area contributed by atoms with Crippen molar-refractivity contribution in [2.45, 2.75) is 33.1 Å². The molecule has 0 aliphatic carbocycles. The van der Waals surface area contributed by atoms with E-state index in [9.17, 15) is 4.79 Å². The second kappa shape index (κ2) is 5.92. The number of rotatable bonds is 4. The molecule has 1 N–H and O–H groups in total. The van der Waals surface area contributed by atoms with Gasteiger partial charge < -0.3 is 5.32 Å². The molecule has 0 aromatic heterocycles. The molecule has 0 unspecified atom stereocenters. The van der Waals surface area contributed by atoms with Crippen molar-refractivity contribution in [3.05, 3.63) is 29.3 Å². The Morgan fingerprint density at radius 2 is 2.25 bits per heavy atom. The summed E-state index contributed by atoms with van der Waals surface area (Å²) < 4.78 is 0. The van der Waals surface area contributed by atoms with Crippen molar-refractivity contribution in [2.24, 2.45) is 0 Å². The standard InChI is InChI=1S/C13H16N2O/c1-3-4-5-11-6-7-13(15-10(2)16)12(8-11)9-14/h6-8H,3-5H2,1-2H3,(H,15,16). The number of nitrogens with zero attached hydrogens (tertiary/aromatic N) is 1. The van der Waals surface area contributed by atoms with Gasteiger partial charge in [-0.1, -0.05) is 19.4 Å². The van der Waals surface area contributed by atoms with Crippen LogP contribution < -0.4 is 5.32 Å². The lowest BCUT2D eigenvalue weighted by Crippen LogP contribution is -2.07. The first-order valence-electron chi connectivity index (χ1n) is 5.48. The predicted molar refractivity (Wildman–Crippen MR) is 64.1 cm³/mol. The van der Waals surface area contributed by atoms with Crippen LogP contribution in [0.5, 0.6) is 0 Å². The number of nitriles is 1. The summed E-state index contributed by atoms with van der Waals surface area (Å²) in [7, 11) is 0. The monoisotopic (exact) mass is 216 g/mol. The average Bonchev–Trinajstić information content (AvgIpc) is 2.27. The molecule has 0 bridgehead atoms. The molecule has 0 radical (unpaired) electrons. The molecule has 0 saturated carbocycles. The van der Waals surface area contributed by atoms with Crippen LogP contribution in [-0.4, -0.2) is 5.91 Å². The highest BCUT2D eigenvalue weighted by Gasteiger charge is 2.04. The van der Waals surface area contributed by atoms with Crippen LogP contribution in [0.25, 0.3) is 0 Å². The van der Waals surface area contributed by atoms with E-state index in [4.69, 9.17) is 5.26 Å². The maximum absolute atomic E-state index is 10.9. The van der Waals surface area contributed by atoms with Gasteiger partial charge >= 0.3 is 0 Å². The van der Waals surface area contributed by atoms with Crippen molar-refractivity contribution < 1.29 is 4.79 Å². The summed E-state index contributed by atoms with van der Waals surface area (Å²) in [6, 6.07) is 7.71. The van der Waals surface area contributed by atoms with E-state index in [0.717, 1.165) is 24.8 Å². The lowest BCUT2D eigenvalue weighted by molar-refractivity contribution is -0.114. The molecule has 84 valence electrons. The van der Waals surface area contributed by atoms with Gasteiger partial charge in [0.25, 0.3) is 0 Å². The van der Waals surface area contributed by atoms with Crippen LogP contribution in [0.15, 0.2) is 18.2 Å². The smallest absolute Gasteiger partial charge is 0.221 e. The molecule has 1 aromatic carbocycles. The third-order valence-corrected chi connectivity index (χ3v) is 2.33. The van der Waals surface area contributed by atoms with Crippen LogP contribution in [0, 0.1) is 11.3 Å². The predicted octanol–water partition coefficient (Wildman–Crippen LogP) is 2.86. The van der Waals surface area contributed by atoms with Crippen molar-refractivity contribution in [3.63, 3.8) is 0 Å². The SMILES string of the molecule is CCCCc1ccc(NC(C)=O)c(C#N)c1. The fourth-order valence-corrected chi connectivity index (χ4v) is 1.52. The van der Waals surface area contributed by atoms with Crippen LogP contribution >= 0.6 is 0 Å². The van der Waals surface area contributed by atoms with Crippen molar-refractivity contribution in [3.8, 4) is 6.07 Å². The number of unbranched alkanes of at least 4 members (excludes halogenated alkanes) is 1. The van der Waals surface area contributed by atoms with Gasteiger partial charge in [0.05, 0.1) is 11.3 Å². The molecule has 0 aliphatic rings. The van der Waals surface area contributed by atoms with Gasteiger partial charge in [0.1, 0.15) is 6.07 Å². The molecule has 0 atom stereocenters. The summed E-state index contributed by atoms with van der Waals surface area (Å²) in [5, 5.41) is 11.6. The summed E-state index contributed by atoms with van der Waals surface area (Å²) in [5.74, 6) is -0.155. The Morgan fingerprint density at radius 1 is 1.50 bits per heavy atom. The minimum Gasteiger partial charge on any atom is -0.325 e. The maximum Gasteiger partial charge on any atom is 0.221 e. The zero-order valence-electron chi connectivity index (χ0n) is 9.71. The number of hydrogen-bond donors (Lipinski definition) is 1. The second-order valence-electron chi connectivity index (χ2n) is 3.78. The van der Waals surface area contributed by atoms with E-state index < -0.39 is 0 Å². The number of amides is 1. The molecular weight excluding hydrogens is 200 g/mol. The molecule has 0 aliphatic heterocycles. The van der Waals surface area contributed by atoms with Gasteiger partial charge in [0.2, 0.25) is 5.91 Å². The second-order valence-corrected chi connectivity index (χ2v) is 3.78. The average molecular weight is 216 g/mol. The highest BCUT2D eigenvalue weighted by Crippen LogP contribution is 2.18. The van der Waals surface area contributed by atoms with Crippen LogP contribution in [0.2, 0.25) is 0 Å². The van der Waals surface area contributed by atoms with Gasteiger partial charge in [0, 0.05) is 6.92 Å². The van der Waals surface area contributed by atoms with Gasteiger partial charge in [-0.2, -0.15) is 5.26 Å². The molecule has 3 heteroatoms.